The Balaban J connectivity index is 1.62. The molecule has 0 aliphatic carbocycles. The van der Waals surface area contributed by atoms with E-state index >= 15 is 0 Å². The number of benzene rings is 2. The largest absolute Gasteiger partial charge is 0.492 e. The molecule has 2 aromatic carbocycles. The molecule has 1 heterocycles. The zero-order valence-corrected chi connectivity index (χ0v) is 18.5. The number of aromatic nitrogens is 2. The lowest BCUT2D eigenvalue weighted by Gasteiger charge is -2.21. The maximum atomic E-state index is 12.7. The number of hydrogen-bond acceptors (Lipinski definition) is 6. The molecule has 0 N–H and O–H groups in total. The highest BCUT2D eigenvalue weighted by molar-refractivity contribution is 8.01. The number of rotatable bonds is 8. The molecule has 158 valence electrons. The molecular formula is C23H26N2O4S. The predicted octanol–water partition coefficient (Wildman–Crippen LogP) is 4.22. The van der Waals surface area contributed by atoms with Gasteiger partial charge in [0.05, 0.1) is 24.1 Å². The van der Waals surface area contributed by atoms with Crippen LogP contribution in [-0.2, 0) is 16.1 Å². The molecule has 0 fully saturated rings. The fraction of sp³-hybridized carbons (Fsp3) is 0.348. The van der Waals surface area contributed by atoms with E-state index in [1.807, 2.05) is 63.2 Å². The van der Waals surface area contributed by atoms with Gasteiger partial charge in [0.15, 0.2) is 0 Å². The molecule has 3 aromatic rings. The predicted molar refractivity (Wildman–Crippen MR) is 119 cm³/mol. The fourth-order valence-corrected chi connectivity index (χ4v) is 4.05. The number of hydrogen-bond donors (Lipinski definition) is 0. The highest BCUT2D eigenvalue weighted by Gasteiger charge is 2.30. The minimum atomic E-state index is -0.667. The van der Waals surface area contributed by atoms with E-state index in [0.717, 1.165) is 4.90 Å². The number of carbonyl (C=O) groups excluding carboxylic acids is 1. The van der Waals surface area contributed by atoms with Crippen molar-refractivity contribution in [2.75, 3.05) is 13.2 Å². The number of nitrogens with zero attached hydrogens (tertiary/aromatic N) is 2. The van der Waals surface area contributed by atoms with E-state index in [-0.39, 0.29) is 11.5 Å². The van der Waals surface area contributed by atoms with E-state index in [1.165, 1.54) is 11.8 Å². The van der Waals surface area contributed by atoms with E-state index in [0.29, 0.717) is 42.2 Å². The monoisotopic (exact) mass is 426 g/mol. The first-order valence-electron chi connectivity index (χ1n) is 9.87. The van der Waals surface area contributed by atoms with Gasteiger partial charge in [-0.3, -0.25) is 14.2 Å². The smallest absolute Gasteiger partial charge is 0.321 e. The highest BCUT2D eigenvalue weighted by Crippen LogP contribution is 2.34. The van der Waals surface area contributed by atoms with Crippen molar-refractivity contribution in [2.24, 2.45) is 0 Å². The average Bonchev–Trinajstić information content (AvgIpc) is 2.71. The summed E-state index contributed by atoms with van der Waals surface area (Å²) in [6, 6.07) is 14.9. The number of ether oxygens (including phenoxy) is 2. The Kier molecular flexibility index (Phi) is 6.82. The third-order valence-corrected chi connectivity index (χ3v) is 5.78. The van der Waals surface area contributed by atoms with Gasteiger partial charge in [0.2, 0.25) is 0 Å². The third-order valence-electron chi connectivity index (χ3n) is 4.60. The first-order chi connectivity index (χ1) is 14.3. The first-order valence-corrected chi connectivity index (χ1v) is 10.7. The van der Waals surface area contributed by atoms with Crippen LogP contribution in [0.2, 0.25) is 0 Å². The van der Waals surface area contributed by atoms with Crippen LogP contribution in [0.25, 0.3) is 10.9 Å². The van der Waals surface area contributed by atoms with Gasteiger partial charge in [-0.1, -0.05) is 12.1 Å². The summed E-state index contributed by atoms with van der Waals surface area (Å²) in [5.74, 6) is 1.13. The number of carbonyl (C=O) groups is 1. The summed E-state index contributed by atoms with van der Waals surface area (Å²) >= 11 is 1.44. The lowest BCUT2D eigenvalue weighted by atomic mass is 10.2. The summed E-state index contributed by atoms with van der Waals surface area (Å²) in [7, 11) is 0. The van der Waals surface area contributed by atoms with Crippen molar-refractivity contribution < 1.29 is 14.3 Å². The average molecular weight is 427 g/mol. The number of fused-ring (bicyclic) bond motifs is 1. The SMILES string of the molecule is CCOC(=O)C(C)(C)Sc1ccc(OCCn2c(C)nc3ccccc3c2=O)cc1. The van der Waals surface area contributed by atoms with Gasteiger partial charge in [-0.05, 0) is 64.1 Å². The molecule has 3 rings (SSSR count). The summed E-state index contributed by atoms with van der Waals surface area (Å²) in [4.78, 5) is 30.2. The lowest BCUT2D eigenvalue weighted by molar-refractivity contribution is -0.145. The Hall–Kier alpha value is -2.80. The van der Waals surface area contributed by atoms with E-state index in [4.69, 9.17) is 9.47 Å². The molecule has 0 unspecified atom stereocenters. The van der Waals surface area contributed by atoms with Gasteiger partial charge in [0, 0.05) is 4.90 Å². The van der Waals surface area contributed by atoms with Crippen LogP contribution >= 0.6 is 11.8 Å². The van der Waals surface area contributed by atoms with E-state index in [9.17, 15) is 9.59 Å². The normalized spacial score (nSPS) is 11.5. The van der Waals surface area contributed by atoms with E-state index < -0.39 is 4.75 Å². The molecule has 0 atom stereocenters. The van der Waals surface area contributed by atoms with Gasteiger partial charge in [-0.2, -0.15) is 0 Å². The Morgan fingerprint density at radius 2 is 1.83 bits per heavy atom. The van der Waals surface area contributed by atoms with Gasteiger partial charge in [0.1, 0.15) is 22.9 Å². The molecule has 30 heavy (non-hydrogen) atoms. The quantitative estimate of drug-likeness (QED) is 0.397. The van der Waals surface area contributed by atoms with Crippen molar-refractivity contribution in [3.05, 3.63) is 64.7 Å². The Morgan fingerprint density at radius 1 is 1.13 bits per heavy atom. The molecule has 0 radical (unpaired) electrons. The molecule has 0 saturated carbocycles. The minimum Gasteiger partial charge on any atom is -0.492 e. The van der Waals surface area contributed by atoms with Gasteiger partial charge in [-0.25, -0.2) is 4.98 Å². The summed E-state index contributed by atoms with van der Waals surface area (Å²) in [5.41, 5.74) is 0.644. The molecule has 0 amide bonds. The van der Waals surface area contributed by atoms with Crippen LogP contribution < -0.4 is 10.3 Å². The second-order valence-corrected chi connectivity index (χ2v) is 8.98. The molecule has 1 aromatic heterocycles. The summed E-state index contributed by atoms with van der Waals surface area (Å²) < 4.78 is 11.9. The van der Waals surface area contributed by atoms with Crippen molar-refractivity contribution in [3.8, 4) is 5.75 Å². The minimum absolute atomic E-state index is 0.0605. The molecule has 0 bridgehead atoms. The zero-order chi connectivity index (χ0) is 21.7. The third kappa shape index (κ3) is 5.02. The fourth-order valence-electron chi connectivity index (χ4n) is 3.04. The second-order valence-electron chi connectivity index (χ2n) is 7.29. The summed E-state index contributed by atoms with van der Waals surface area (Å²) in [5, 5.41) is 0.605. The molecule has 7 heteroatoms. The summed E-state index contributed by atoms with van der Waals surface area (Å²) in [6.45, 7) is 8.44. The molecule has 0 aliphatic heterocycles. The van der Waals surface area contributed by atoms with Gasteiger partial charge in [-0.15, -0.1) is 11.8 Å². The second kappa shape index (κ2) is 9.34. The molecule has 0 saturated heterocycles. The standard InChI is InChI=1S/C23H26N2O4S/c1-5-28-22(27)23(3,4)30-18-12-10-17(11-13-18)29-15-14-25-16(2)24-20-9-7-6-8-19(20)21(25)26/h6-13H,5,14-15H2,1-4H3. The van der Waals surface area contributed by atoms with Gasteiger partial charge < -0.3 is 9.47 Å². The lowest BCUT2D eigenvalue weighted by Crippen LogP contribution is -2.29. The maximum absolute atomic E-state index is 12.7. The summed E-state index contributed by atoms with van der Waals surface area (Å²) in [6.07, 6.45) is 0. The topological polar surface area (TPSA) is 70.4 Å². The van der Waals surface area contributed by atoms with Crippen LogP contribution in [-0.4, -0.2) is 33.5 Å². The van der Waals surface area contributed by atoms with Gasteiger partial charge >= 0.3 is 5.97 Å². The van der Waals surface area contributed by atoms with Crippen molar-refractivity contribution in [2.45, 2.75) is 43.9 Å². The molecule has 0 aliphatic rings. The van der Waals surface area contributed by atoms with Crippen molar-refractivity contribution >= 4 is 28.6 Å². The van der Waals surface area contributed by atoms with Crippen LogP contribution in [0.15, 0.2) is 58.2 Å². The first kappa shape index (κ1) is 21.9. The van der Waals surface area contributed by atoms with Crippen molar-refractivity contribution in [1.82, 2.24) is 9.55 Å². The highest BCUT2D eigenvalue weighted by atomic mass is 32.2. The number of para-hydroxylation sites is 1. The Bertz CT molecular complexity index is 1090. The van der Waals surface area contributed by atoms with Crippen LogP contribution in [0.5, 0.6) is 5.75 Å². The van der Waals surface area contributed by atoms with Crippen LogP contribution in [0.3, 0.4) is 0 Å². The molecular weight excluding hydrogens is 400 g/mol. The van der Waals surface area contributed by atoms with Crippen molar-refractivity contribution in [1.29, 1.82) is 0 Å². The Labute approximate surface area is 180 Å². The maximum Gasteiger partial charge on any atom is 0.321 e. The van der Waals surface area contributed by atoms with E-state index in [1.54, 1.807) is 17.6 Å². The zero-order valence-electron chi connectivity index (χ0n) is 17.7. The Morgan fingerprint density at radius 3 is 2.53 bits per heavy atom. The molecule has 0 spiro atoms. The number of thioether (sulfide) groups is 1. The van der Waals surface area contributed by atoms with E-state index in [2.05, 4.69) is 4.98 Å². The molecule has 6 nitrogen and oxygen atoms in total. The number of esters is 1. The van der Waals surface area contributed by atoms with Crippen LogP contribution in [0.4, 0.5) is 0 Å². The van der Waals surface area contributed by atoms with Crippen LogP contribution in [0, 0.1) is 6.92 Å². The van der Waals surface area contributed by atoms with Gasteiger partial charge in [0.25, 0.3) is 5.56 Å². The van der Waals surface area contributed by atoms with Crippen LogP contribution in [0.1, 0.15) is 26.6 Å². The van der Waals surface area contributed by atoms with Crippen molar-refractivity contribution in [3.63, 3.8) is 0 Å². The number of aryl methyl sites for hydroxylation is 1.